The third kappa shape index (κ3) is 4.32. The predicted octanol–water partition coefficient (Wildman–Crippen LogP) is 3.90. The van der Waals surface area contributed by atoms with E-state index in [0.717, 1.165) is 36.8 Å². The average Bonchev–Trinajstić information content (AvgIpc) is 3.45. The largest absolute Gasteiger partial charge is 0.393 e. The van der Waals surface area contributed by atoms with Crippen molar-refractivity contribution in [1.82, 2.24) is 4.31 Å². The highest BCUT2D eigenvalue weighted by Gasteiger charge is 2.59. The van der Waals surface area contributed by atoms with Crippen LogP contribution in [0.4, 0.5) is 0 Å². The minimum Gasteiger partial charge on any atom is -0.393 e. The fraction of sp³-hybridized carbons (Fsp3) is 0.440. The summed E-state index contributed by atoms with van der Waals surface area (Å²) >= 11 is 0. The third-order valence-electron chi connectivity index (χ3n) is 6.58. The molecule has 158 valence electrons. The Hall–Kier alpha value is -2.13. The van der Waals surface area contributed by atoms with Gasteiger partial charge in [0, 0.05) is 12.1 Å². The molecule has 30 heavy (non-hydrogen) atoms. The molecule has 0 bridgehead atoms. The molecule has 0 saturated heterocycles. The molecule has 2 aliphatic rings. The fourth-order valence-corrected chi connectivity index (χ4v) is 6.08. The summed E-state index contributed by atoms with van der Waals surface area (Å²) in [7, 11) is -3.66. The molecule has 1 N–H and O–H groups in total. The minimum absolute atomic E-state index is 0.0963. The van der Waals surface area contributed by atoms with E-state index in [0.29, 0.717) is 11.4 Å². The lowest BCUT2D eigenvalue weighted by molar-refractivity contribution is 0.0874. The van der Waals surface area contributed by atoms with Crippen LogP contribution in [0.5, 0.6) is 0 Å². The molecule has 2 aromatic rings. The van der Waals surface area contributed by atoms with E-state index in [4.69, 9.17) is 0 Å². The van der Waals surface area contributed by atoms with E-state index in [1.54, 1.807) is 12.1 Å². The van der Waals surface area contributed by atoms with Crippen molar-refractivity contribution >= 4 is 10.0 Å². The van der Waals surface area contributed by atoms with Gasteiger partial charge in [0.1, 0.15) is 0 Å². The van der Waals surface area contributed by atoms with Crippen LogP contribution in [0.1, 0.15) is 42.4 Å². The number of aliphatic hydroxyl groups is 1. The molecule has 2 fully saturated rings. The zero-order chi connectivity index (χ0) is 21.4. The Kier molecular flexibility index (Phi) is 5.76. The zero-order valence-corrected chi connectivity index (χ0v) is 18.5. The van der Waals surface area contributed by atoms with Gasteiger partial charge in [0.2, 0.25) is 10.0 Å². The molecule has 2 saturated carbocycles. The van der Waals surface area contributed by atoms with Gasteiger partial charge in [-0.1, -0.05) is 53.7 Å². The number of benzene rings is 2. The van der Waals surface area contributed by atoms with Crippen LogP contribution in [-0.4, -0.2) is 37.0 Å². The van der Waals surface area contributed by atoms with E-state index < -0.39 is 10.0 Å². The summed E-state index contributed by atoms with van der Waals surface area (Å²) in [4.78, 5) is 0.301. The molecule has 2 aromatic carbocycles. The number of fused-ring (bicyclic) bond motifs is 1. The number of nitrogens with zero attached hydrogens (tertiary/aromatic N) is 1. The molecule has 5 heteroatoms. The SMILES string of the molecule is Cc1ccc(C#CCN(C[C@]23CCC[C@@H](O)[C@H]2C3)S(=O)(=O)c2ccc(C)cc2)cc1. The monoisotopic (exact) mass is 423 g/mol. The predicted molar refractivity (Wildman–Crippen MR) is 118 cm³/mol. The van der Waals surface area contributed by atoms with Gasteiger partial charge in [0.15, 0.2) is 0 Å². The highest BCUT2D eigenvalue weighted by molar-refractivity contribution is 7.89. The second kappa shape index (κ2) is 8.19. The maximum atomic E-state index is 13.4. The van der Waals surface area contributed by atoms with Crippen LogP contribution in [0.3, 0.4) is 0 Å². The first-order valence-corrected chi connectivity index (χ1v) is 12.0. The van der Waals surface area contributed by atoms with Gasteiger partial charge in [-0.3, -0.25) is 0 Å². The van der Waals surface area contributed by atoms with Crippen molar-refractivity contribution in [2.75, 3.05) is 13.1 Å². The molecular formula is C25H29NO3S. The van der Waals surface area contributed by atoms with Crippen LogP contribution in [0, 0.1) is 37.0 Å². The summed E-state index contributed by atoms with van der Waals surface area (Å²) in [5.74, 6) is 6.40. The molecule has 3 atom stereocenters. The van der Waals surface area contributed by atoms with Crippen LogP contribution in [0.25, 0.3) is 0 Å². The third-order valence-corrected chi connectivity index (χ3v) is 8.39. The van der Waals surface area contributed by atoms with Crippen molar-refractivity contribution in [3.8, 4) is 11.8 Å². The van der Waals surface area contributed by atoms with Crippen molar-refractivity contribution in [1.29, 1.82) is 0 Å². The lowest BCUT2D eigenvalue weighted by Crippen LogP contribution is -2.39. The van der Waals surface area contributed by atoms with Crippen LogP contribution in [-0.2, 0) is 10.0 Å². The quantitative estimate of drug-likeness (QED) is 0.742. The Morgan fingerprint density at radius 3 is 2.37 bits per heavy atom. The number of rotatable bonds is 5. The Bertz CT molecular complexity index is 1060. The number of aryl methyl sites for hydroxylation is 2. The number of hydrogen-bond acceptors (Lipinski definition) is 3. The average molecular weight is 424 g/mol. The summed E-state index contributed by atoms with van der Waals surface area (Å²) in [6.45, 7) is 4.54. The van der Waals surface area contributed by atoms with Crippen molar-refractivity contribution in [3.63, 3.8) is 0 Å². The molecule has 4 nitrogen and oxygen atoms in total. The Morgan fingerprint density at radius 1 is 1.07 bits per heavy atom. The van der Waals surface area contributed by atoms with E-state index in [2.05, 4.69) is 11.8 Å². The fourth-order valence-electron chi connectivity index (χ4n) is 4.64. The number of sulfonamides is 1. The van der Waals surface area contributed by atoms with Gasteiger partial charge in [-0.15, -0.1) is 0 Å². The Labute approximate surface area is 180 Å². The van der Waals surface area contributed by atoms with E-state index in [1.807, 2.05) is 50.2 Å². The maximum Gasteiger partial charge on any atom is 0.243 e. The molecule has 0 aromatic heterocycles. The first-order valence-electron chi connectivity index (χ1n) is 10.6. The molecule has 0 spiro atoms. The second-order valence-corrected chi connectivity index (χ2v) is 10.8. The first kappa shape index (κ1) is 21.1. The maximum absolute atomic E-state index is 13.4. The summed E-state index contributed by atoms with van der Waals surface area (Å²) in [6.07, 6.45) is 3.34. The van der Waals surface area contributed by atoms with E-state index in [9.17, 15) is 13.5 Å². The molecule has 0 radical (unpaired) electrons. The van der Waals surface area contributed by atoms with Gasteiger partial charge in [0.05, 0.1) is 17.5 Å². The summed E-state index contributed by atoms with van der Waals surface area (Å²) < 4.78 is 28.4. The van der Waals surface area contributed by atoms with Gasteiger partial charge in [-0.25, -0.2) is 8.42 Å². The first-order chi connectivity index (χ1) is 14.3. The van der Waals surface area contributed by atoms with Gasteiger partial charge >= 0.3 is 0 Å². The topological polar surface area (TPSA) is 57.6 Å². The zero-order valence-electron chi connectivity index (χ0n) is 17.6. The Balaban J connectivity index is 1.60. The van der Waals surface area contributed by atoms with Crippen molar-refractivity contribution < 1.29 is 13.5 Å². The normalized spacial score (nSPS) is 25.3. The number of aliphatic hydroxyl groups excluding tert-OH is 1. The molecule has 0 heterocycles. The van der Waals surface area contributed by atoms with Gasteiger partial charge in [-0.05, 0) is 68.7 Å². The van der Waals surface area contributed by atoms with E-state index in [-0.39, 0.29) is 24.0 Å². The van der Waals surface area contributed by atoms with Crippen LogP contribution >= 0.6 is 0 Å². The van der Waals surface area contributed by atoms with E-state index in [1.165, 1.54) is 9.87 Å². The summed E-state index contributed by atoms with van der Waals surface area (Å²) in [5, 5.41) is 10.3. The van der Waals surface area contributed by atoms with E-state index >= 15 is 0 Å². The van der Waals surface area contributed by atoms with Gasteiger partial charge < -0.3 is 5.11 Å². The highest BCUT2D eigenvalue weighted by atomic mass is 32.2. The smallest absolute Gasteiger partial charge is 0.243 e. The molecule has 0 amide bonds. The molecule has 0 unspecified atom stereocenters. The molecule has 2 aliphatic carbocycles. The van der Waals surface area contributed by atoms with Crippen LogP contribution in [0.15, 0.2) is 53.4 Å². The van der Waals surface area contributed by atoms with Gasteiger partial charge in [-0.2, -0.15) is 4.31 Å². The molecular weight excluding hydrogens is 394 g/mol. The summed E-state index contributed by atoms with van der Waals surface area (Å²) in [5.41, 5.74) is 2.97. The lowest BCUT2D eigenvalue weighted by atomic mass is 9.86. The van der Waals surface area contributed by atoms with Crippen molar-refractivity contribution in [3.05, 3.63) is 65.2 Å². The lowest BCUT2D eigenvalue weighted by Gasteiger charge is -2.30. The van der Waals surface area contributed by atoms with Crippen LogP contribution < -0.4 is 0 Å². The van der Waals surface area contributed by atoms with Crippen LogP contribution in [0.2, 0.25) is 0 Å². The molecule has 4 rings (SSSR count). The second-order valence-electron chi connectivity index (χ2n) is 8.89. The molecule has 0 aliphatic heterocycles. The summed E-state index contributed by atoms with van der Waals surface area (Å²) in [6, 6.07) is 14.9. The van der Waals surface area contributed by atoms with Gasteiger partial charge in [0.25, 0.3) is 0 Å². The van der Waals surface area contributed by atoms with Crippen molar-refractivity contribution in [2.45, 2.75) is 50.5 Å². The number of hydrogen-bond donors (Lipinski definition) is 1. The standard InChI is InChI=1S/C25H29NO3S/c1-19-7-11-21(12-8-19)5-4-16-26(18-25-15-3-6-24(27)23(25)17-25)30(28,29)22-13-9-20(2)10-14-22/h7-14,23-24,27H,3,6,15-18H2,1-2H3/t23-,24-,25-/m1/s1. The Morgan fingerprint density at radius 2 is 1.70 bits per heavy atom. The highest BCUT2D eigenvalue weighted by Crippen LogP contribution is 2.61. The van der Waals surface area contributed by atoms with Crippen molar-refractivity contribution in [2.24, 2.45) is 11.3 Å². The minimum atomic E-state index is -3.66.